The zero-order valence-corrected chi connectivity index (χ0v) is 11.1. The molecule has 1 unspecified atom stereocenters. The van der Waals surface area contributed by atoms with Gasteiger partial charge >= 0.3 is 5.97 Å². The van der Waals surface area contributed by atoms with E-state index in [9.17, 15) is 4.79 Å². The van der Waals surface area contributed by atoms with Crippen molar-refractivity contribution in [1.82, 2.24) is 5.32 Å². The number of rotatable bonds is 5. The van der Waals surface area contributed by atoms with Crippen molar-refractivity contribution in [1.29, 1.82) is 0 Å². The molecule has 1 aliphatic rings. The highest BCUT2D eigenvalue weighted by atomic mass is 16.5. The van der Waals surface area contributed by atoms with E-state index >= 15 is 0 Å². The highest BCUT2D eigenvalue weighted by molar-refractivity contribution is 5.77. The fourth-order valence-electron chi connectivity index (χ4n) is 2.50. The van der Waals surface area contributed by atoms with Gasteiger partial charge in [0.25, 0.3) is 0 Å². The van der Waals surface area contributed by atoms with E-state index in [4.69, 9.17) is 9.15 Å². The quantitative estimate of drug-likeness (QED) is 0.816. The molecule has 1 N–H and O–H groups in total. The van der Waals surface area contributed by atoms with Gasteiger partial charge in [0.15, 0.2) is 0 Å². The second-order valence-electron chi connectivity index (χ2n) is 4.91. The molecule has 1 saturated carbocycles. The summed E-state index contributed by atoms with van der Waals surface area (Å²) in [6, 6.07) is 4.27. The van der Waals surface area contributed by atoms with Gasteiger partial charge in [0.1, 0.15) is 17.4 Å². The standard InChI is InChI=1S/C14H21NO3/c1-10-7-8-13(18-10)12(14(16)17-2)9-15-11-5-3-4-6-11/h7-8,11-12,15H,3-6,9H2,1-2H3. The molecule has 1 aliphatic carbocycles. The minimum absolute atomic E-state index is 0.241. The van der Waals surface area contributed by atoms with Crippen molar-refractivity contribution >= 4 is 5.97 Å². The Morgan fingerprint density at radius 2 is 2.22 bits per heavy atom. The van der Waals surface area contributed by atoms with E-state index in [2.05, 4.69) is 5.32 Å². The first-order chi connectivity index (χ1) is 8.70. The molecule has 0 aromatic carbocycles. The van der Waals surface area contributed by atoms with E-state index in [-0.39, 0.29) is 11.9 Å². The molecule has 0 spiro atoms. The number of carbonyl (C=O) groups excluding carboxylic acids is 1. The first kappa shape index (κ1) is 13.1. The number of hydrogen-bond donors (Lipinski definition) is 1. The zero-order chi connectivity index (χ0) is 13.0. The van der Waals surface area contributed by atoms with Crippen LogP contribution in [0.3, 0.4) is 0 Å². The Kier molecular flexibility index (Phi) is 4.42. The highest BCUT2D eigenvalue weighted by Crippen LogP contribution is 2.22. The van der Waals surface area contributed by atoms with Gasteiger partial charge in [-0.25, -0.2) is 0 Å². The van der Waals surface area contributed by atoms with Crippen LogP contribution in [-0.4, -0.2) is 25.7 Å². The van der Waals surface area contributed by atoms with Gasteiger partial charge in [0.2, 0.25) is 0 Å². The van der Waals surface area contributed by atoms with Gasteiger partial charge in [-0.3, -0.25) is 4.79 Å². The van der Waals surface area contributed by atoms with Crippen LogP contribution in [-0.2, 0) is 9.53 Å². The molecule has 1 heterocycles. The predicted octanol–water partition coefficient (Wildman–Crippen LogP) is 2.38. The minimum atomic E-state index is -0.343. The molecule has 1 aromatic heterocycles. The largest absolute Gasteiger partial charge is 0.468 e. The Morgan fingerprint density at radius 3 is 2.78 bits per heavy atom. The molecule has 100 valence electrons. The summed E-state index contributed by atoms with van der Waals surface area (Å²) in [4.78, 5) is 11.8. The Balaban J connectivity index is 1.98. The SMILES string of the molecule is COC(=O)C(CNC1CCCC1)c1ccc(C)o1. The van der Waals surface area contributed by atoms with E-state index < -0.39 is 0 Å². The number of aryl methyl sites for hydroxylation is 1. The molecule has 0 saturated heterocycles. The van der Waals surface area contributed by atoms with E-state index in [1.165, 1.54) is 32.8 Å². The van der Waals surface area contributed by atoms with Crippen LogP contribution in [0.4, 0.5) is 0 Å². The Morgan fingerprint density at radius 1 is 1.50 bits per heavy atom. The van der Waals surface area contributed by atoms with Gasteiger partial charge in [-0.1, -0.05) is 12.8 Å². The van der Waals surface area contributed by atoms with Gasteiger partial charge in [-0.2, -0.15) is 0 Å². The van der Waals surface area contributed by atoms with Gasteiger partial charge in [-0.05, 0) is 31.9 Å². The lowest BCUT2D eigenvalue weighted by atomic mass is 10.1. The molecule has 18 heavy (non-hydrogen) atoms. The minimum Gasteiger partial charge on any atom is -0.468 e. The monoisotopic (exact) mass is 251 g/mol. The molecular weight excluding hydrogens is 230 g/mol. The first-order valence-electron chi connectivity index (χ1n) is 6.58. The summed E-state index contributed by atoms with van der Waals surface area (Å²) in [5.74, 6) is 0.920. The first-order valence-corrected chi connectivity index (χ1v) is 6.58. The number of ether oxygens (including phenoxy) is 1. The van der Waals surface area contributed by atoms with Crippen molar-refractivity contribution < 1.29 is 13.9 Å². The zero-order valence-electron chi connectivity index (χ0n) is 11.1. The molecule has 4 nitrogen and oxygen atoms in total. The summed E-state index contributed by atoms with van der Waals surface area (Å²) in [6.07, 6.45) is 4.96. The van der Waals surface area contributed by atoms with Crippen LogP contribution in [0.15, 0.2) is 16.5 Å². The highest BCUT2D eigenvalue weighted by Gasteiger charge is 2.26. The maximum absolute atomic E-state index is 11.8. The Bertz CT molecular complexity index is 393. The molecule has 0 aliphatic heterocycles. The molecule has 0 amide bonds. The molecule has 1 aromatic rings. The summed E-state index contributed by atoms with van der Waals surface area (Å²) in [7, 11) is 1.42. The van der Waals surface area contributed by atoms with E-state index in [0.29, 0.717) is 18.3 Å². The van der Waals surface area contributed by atoms with E-state index in [1.807, 2.05) is 19.1 Å². The van der Waals surface area contributed by atoms with Crippen molar-refractivity contribution in [2.24, 2.45) is 0 Å². The van der Waals surface area contributed by atoms with Crippen LogP contribution in [0, 0.1) is 6.92 Å². The van der Waals surface area contributed by atoms with Crippen molar-refractivity contribution in [3.05, 3.63) is 23.7 Å². The number of methoxy groups -OCH3 is 1. The van der Waals surface area contributed by atoms with Crippen LogP contribution in [0.25, 0.3) is 0 Å². The van der Waals surface area contributed by atoms with Gasteiger partial charge in [-0.15, -0.1) is 0 Å². The number of furan rings is 1. The molecule has 0 radical (unpaired) electrons. The summed E-state index contributed by atoms with van der Waals surface area (Å²) in [5, 5.41) is 3.44. The van der Waals surface area contributed by atoms with Crippen molar-refractivity contribution in [3.8, 4) is 0 Å². The van der Waals surface area contributed by atoms with Gasteiger partial charge in [0, 0.05) is 12.6 Å². The second-order valence-corrected chi connectivity index (χ2v) is 4.91. The maximum Gasteiger partial charge on any atom is 0.317 e. The van der Waals surface area contributed by atoms with Gasteiger partial charge < -0.3 is 14.5 Å². The van der Waals surface area contributed by atoms with E-state index in [1.54, 1.807) is 0 Å². The summed E-state index contributed by atoms with van der Waals surface area (Å²) < 4.78 is 10.4. The maximum atomic E-state index is 11.8. The fourth-order valence-corrected chi connectivity index (χ4v) is 2.50. The lowest BCUT2D eigenvalue weighted by molar-refractivity contribution is -0.142. The predicted molar refractivity (Wildman–Crippen MR) is 68.5 cm³/mol. The average molecular weight is 251 g/mol. The molecule has 2 rings (SSSR count). The van der Waals surface area contributed by atoms with Crippen molar-refractivity contribution in [3.63, 3.8) is 0 Å². The fraction of sp³-hybridized carbons (Fsp3) is 0.643. The van der Waals surface area contributed by atoms with E-state index in [0.717, 1.165) is 5.76 Å². The number of hydrogen-bond acceptors (Lipinski definition) is 4. The third kappa shape index (κ3) is 3.13. The Hall–Kier alpha value is -1.29. The Labute approximate surface area is 108 Å². The summed E-state index contributed by atoms with van der Waals surface area (Å²) in [6.45, 7) is 2.46. The van der Waals surface area contributed by atoms with Crippen LogP contribution < -0.4 is 5.32 Å². The van der Waals surface area contributed by atoms with Crippen molar-refractivity contribution in [2.45, 2.75) is 44.6 Å². The molecule has 4 heteroatoms. The van der Waals surface area contributed by atoms with Crippen LogP contribution in [0.2, 0.25) is 0 Å². The van der Waals surface area contributed by atoms with Crippen LogP contribution in [0.5, 0.6) is 0 Å². The number of carbonyl (C=O) groups is 1. The molecular formula is C14H21NO3. The summed E-state index contributed by atoms with van der Waals surface area (Å²) in [5.41, 5.74) is 0. The van der Waals surface area contributed by atoms with Crippen LogP contribution >= 0.6 is 0 Å². The normalized spacial score (nSPS) is 17.9. The lowest BCUT2D eigenvalue weighted by Crippen LogP contribution is -2.33. The second kappa shape index (κ2) is 6.05. The molecule has 0 bridgehead atoms. The molecule has 1 atom stereocenters. The topological polar surface area (TPSA) is 51.5 Å². The average Bonchev–Trinajstić information content (AvgIpc) is 3.01. The third-order valence-electron chi connectivity index (χ3n) is 3.56. The van der Waals surface area contributed by atoms with Crippen molar-refractivity contribution in [2.75, 3.05) is 13.7 Å². The van der Waals surface area contributed by atoms with Gasteiger partial charge in [0.05, 0.1) is 7.11 Å². The smallest absolute Gasteiger partial charge is 0.317 e. The van der Waals surface area contributed by atoms with Crippen LogP contribution in [0.1, 0.15) is 43.1 Å². The lowest BCUT2D eigenvalue weighted by Gasteiger charge is -2.17. The number of nitrogens with one attached hydrogen (secondary N) is 1. The summed E-state index contributed by atoms with van der Waals surface area (Å²) >= 11 is 0. The molecule has 1 fully saturated rings. The third-order valence-corrected chi connectivity index (χ3v) is 3.56. The number of esters is 1.